The highest BCUT2D eigenvalue weighted by Crippen LogP contribution is 2.49. The van der Waals surface area contributed by atoms with Gasteiger partial charge in [-0.1, -0.05) is 17.8 Å². The average molecular weight is 361 g/mol. The number of pyridine rings is 1. The standard InChI is InChI=1S/C18H17F2N3OS/c1-24-16-13-8-18(14-3-2-12(19)7-15(14)20)11(9-25-17(21)23-18)6-10(13)4-5-22-16/h2-5,7,11H,6,8-9H2,1H3,(H2,21,23)/t11-,18-/m1/s1. The number of amidine groups is 1. The summed E-state index contributed by atoms with van der Waals surface area (Å²) in [5, 5.41) is 0.422. The molecule has 2 aliphatic rings. The van der Waals surface area contributed by atoms with Gasteiger partial charge in [-0.3, -0.25) is 4.99 Å². The predicted molar refractivity (Wildman–Crippen MR) is 93.8 cm³/mol. The van der Waals surface area contributed by atoms with Gasteiger partial charge in [-0.2, -0.15) is 0 Å². The van der Waals surface area contributed by atoms with Crippen LogP contribution in [-0.4, -0.2) is 23.0 Å². The lowest BCUT2D eigenvalue weighted by Crippen LogP contribution is -2.46. The lowest BCUT2D eigenvalue weighted by atomic mass is 9.67. The zero-order valence-electron chi connectivity index (χ0n) is 13.6. The predicted octanol–water partition coefficient (Wildman–Crippen LogP) is 3.04. The Hall–Kier alpha value is -2.15. The number of aromatic nitrogens is 1. The third-order valence-electron chi connectivity index (χ3n) is 5.03. The molecule has 2 atom stereocenters. The maximum atomic E-state index is 14.7. The van der Waals surface area contributed by atoms with E-state index in [2.05, 4.69) is 9.98 Å². The van der Waals surface area contributed by atoms with E-state index in [4.69, 9.17) is 10.5 Å². The Kier molecular flexibility index (Phi) is 3.91. The molecule has 0 saturated carbocycles. The number of benzene rings is 1. The molecule has 0 unspecified atom stereocenters. The highest BCUT2D eigenvalue weighted by Gasteiger charge is 2.48. The minimum atomic E-state index is -0.865. The second kappa shape index (κ2) is 5.98. The van der Waals surface area contributed by atoms with Crippen LogP contribution < -0.4 is 10.5 Å². The highest BCUT2D eigenvalue weighted by molar-refractivity contribution is 8.13. The maximum absolute atomic E-state index is 14.7. The third kappa shape index (κ3) is 2.57. The van der Waals surface area contributed by atoms with Crippen molar-refractivity contribution in [3.05, 3.63) is 58.8 Å². The van der Waals surface area contributed by atoms with Crippen LogP contribution in [0, 0.1) is 17.6 Å². The van der Waals surface area contributed by atoms with Crippen LogP contribution in [0.2, 0.25) is 0 Å². The second-order valence-electron chi connectivity index (χ2n) is 6.35. The molecular formula is C18H17F2N3OS. The van der Waals surface area contributed by atoms with Crippen molar-refractivity contribution in [2.75, 3.05) is 12.9 Å². The number of nitrogens with zero attached hydrogens (tertiary/aromatic N) is 2. The van der Waals surface area contributed by atoms with Crippen LogP contribution in [-0.2, 0) is 18.4 Å². The van der Waals surface area contributed by atoms with Gasteiger partial charge in [-0.05, 0) is 24.1 Å². The molecule has 4 rings (SSSR count). The van der Waals surface area contributed by atoms with Gasteiger partial charge >= 0.3 is 0 Å². The van der Waals surface area contributed by atoms with E-state index < -0.39 is 17.2 Å². The molecule has 0 radical (unpaired) electrons. The lowest BCUT2D eigenvalue weighted by Gasteiger charge is -2.44. The Morgan fingerprint density at radius 1 is 1.32 bits per heavy atom. The Bertz CT molecular complexity index is 873. The van der Waals surface area contributed by atoms with Gasteiger partial charge < -0.3 is 10.5 Å². The molecule has 0 bridgehead atoms. The molecule has 1 aromatic heterocycles. The Balaban J connectivity index is 1.93. The van der Waals surface area contributed by atoms with Crippen LogP contribution in [0.1, 0.15) is 16.7 Å². The molecule has 1 aromatic carbocycles. The van der Waals surface area contributed by atoms with E-state index in [-0.39, 0.29) is 5.92 Å². The largest absolute Gasteiger partial charge is 0.481 e. The molecule has 2 aromatic rings. The van der Waals surface area contributed by atoms with Gasteiger partial charge in [0.2, 0.25) is 5.88 Å². The fraction of sp³-hybridized carbons (Fsp3) is 0.333. The number of hydrogen-bond donors (Lipinski definition) is 1. The van der Waals surface area contributed by atoms with Crippen molar-refractivity contribution in [2.45, 2.75) is 18.4 Å². The van der Waals surface area contributed by atoms with E-state index in [1.807, 2.05) is 6.07 Å². The first-order valence-electron chi connectivity index (χ1n) is 7.98. The monoisotopic (exact) mass is 361 g/mol. The van der Waals surface area contributed by atoms with E-state index in [9.17, 15) is 8.78 Å². The topological polar surface area (TPSA) is 60.5 Å². The summed E-state index contributed by atoms with van der Waals surface area (Å²) in [6.45, 7) is 0. The zero-order valence-corrected chi connectivity index (χ0v) is 14.4. The summed E-state index contributed by atoms with van der Waals surface area (Å²) in [6, 6.07) is 5.63. The van der Waals surface area contributed by atoms with E-state index in [1.54, 1.807) is 13.3 Å². The number of aliphatic imine (C=N–C) groups is 1. The number of halogens is 2. The Morgan fingerprint density at radius 3 is 2.92 bits per heavy atom. The maximum Gasteiger partial charge on any atom is 0.216 e. The van der Waals surface area contributed by atoms with Gasteiger partial charge in [-0.25, -0.2) is 13.8 Å². The van der Waals surface area contributed by atoms with E-state index in [1.165, 1.54) is 23.9 Å². The molecule has 2 N–H and O–H groups in total. The van der Waals surface area contributed by atoms with E-state index in [0.29, 0.717) is 23.0 Å². The first kappa shape index (κ1) is 16.3. The van der Waals surface area contributed by atoms with Crippen LogP contribution in [0.4, 0.5) is 8.78 Å². The van der Waals surface area contributed by atoms with Crippen molar-refractivity contribution in [3.63, 3.8) is 0 Å². The van der Waals surface area contributed by atoms with Crippen molar-refractivity contribution in [3.8, 4) is 5.88 Å². The SMILES string of the molecule is COc1nccc2c1C[C@@]1(c3ccc(F)cc3F)N=C(N)SC[C@H]1C2. The van der Waals surface area contributed by atoms with Gasteiger partial charge in [-0.15, -0.1) is 0 Å². The van der Waals surface area contributed by atoms with Crippen molar-refractivity contribution >= 4 is 16.9 Å². The van der Waals surface area contributed by atoms with E-state index >= 15 is 0 Å². The molecule has 0 saturated heterocycles. The molecule has 25 heavy (non-hydrogen) atoms. The molecule has 0 fully saturated rings. The van der Waals surface area contributed by atoms with Crippen molar-refractivity contribution in [1.29, 1.82) is 0 Å². The molecule has 2 heterocycles. The number of ether oxygens (including phenoxy) is 1. The van der Waals surface area contributed by atoms with Crippen LogP contribution in [0.25, 0.3) is 0 Å². The van der Waals surface area contributed by atoms with Crippen LogP contribution >= 0.6 is 11.8 Å². The molecule has 1 aliphatic carbocycles. The van der Waals surface area contributed by atoms with Crippen LogP contribution in [0.3, 0.4) is 0 Å². The zero-order chi connectivity index (χ0) is 17.6. The number of methoxy groups -OCH3 is 1. The fourth-order valence-corrected chi connectivity index (χ4v) is 4.87. The first-order chi connectivity index (χ1) is 12.0. The molecule has 1 aliphatic heterocycles. The Morgan fingerprint density at radius 2 is 2.16 bits per heavy atom. The average Bonchev–Trinajstić information content (AvgIpc) is 2.59. The molecule has 7 heteroatoms. The van der Waals surface area contributed by atoms with Gasteiger partial charge in [0, 0.05) is 41.5 Å². The quantitative estimate of drug-likeness (QED) is 0.893. The summed E-state index contributed by atoms with van der Waals surface area (Å²) < 4.78 is 33.5. The molecular weight excluding hydrogens is 344 g/mol. The highest BCUT2D eigenvalue weighted by atomic mass is 32.2. The van der Waals surface area contributed by atoms with Crippen molar-refractivity contribution in [2.24, 2.45) is 16.6 Å². The number of hydrogen-bond acceptors (Lipinski definition) is 5. The second-order valence-corrected chi connectivity index (χ2v) is 7.39. The normalized spacial score (nSPS) is 24.9. The van der Waals surface area contributed by atoms with E-state index in [0.717, 1.165) is 29.4 Å². The minimum absolute atomic E-state index is 0.0596. The van der Waals surface area contributed by atoms with Gasteiger partial charge in [0.1, 0.15) is 11.6 Å². The summed E-state index contributed by atoms with van der Waals surface area (Å²) in [6.07, 6.45) is 2.86. The smallest absolute Gasteiger partial charge is 0.216 e. The minimum Gasteiger partial charge on any atom is -0.481 e. The van der Waals surface area contributed by atoms with Crippen molar-refractivity contribution in [1.82, 2.24) is 4.98 Å². The number of fused-ring (bicyclic) bond motifs is 2. The molecule has 4 nitrogen and oxygen atoms in total. The fourth-order valence-electron chi connectivity index (χ4n) is 3.87. The summed E-state index contributed by atoms with van der Waals surface area (Å²) in [7, 11) is 1.56. The molecule has 0 spiro atoms. The van der Waals surface area contributed by atoms with Gasteiger partial charge in [0.25, 0.3) is 0 Å². The van der Waals surface area contributed by atoms with Crippen LogP contribution in [0.15, 0.2) is 35.5 Å². The van der Waals surface area contributed by atoms with Gasteiger partial charge in [0.05, 0.1) is 12.6 Å². The summed E-state index contributed by atoms with van der Waals surface area (Å²) in [4.78, 5) is 8.95. The van der Waals surface area contributed by atoms with Crippen LogP contribution in [0.5, 0.6) is 5.88 Å². The summed E-state index contributed by atoms with van der Waals surface area (Å²) >= 11 is 1.47. The van der Waals surface area contributed by atoms with Crippen molar-refractivity contribution < 1.29 is 13.5 Å². The lowest BCUT2D eigenvalue weighted by molar-refractivity contribution is 0.262. The van der Waals surface area contributed by atoms with Gasteiger partial charge in [0.15, 0.2) is 5.17 Å². The summed E-state index contributed by atoms with van der Waals surface area (Å²) in [5.41, 5.74) is 7.55. The Labute approximate surface area is 148 Å². The molecule has 0 amide bonds. The third-order valence-corrected chi connectivity index (χ3v) is 5.99. The first-order valence-corrected chi connectivity index (χ1v) is 8.96. The number of thioether (sulfide) groups is 1. The number of rotatable bonds is 2. The number of nitrogens with two attached hydrogens (primary N) is 1. The molecule has 130 valence electrons. The summed E-state index contributed by atoms with van der Waals surface area (Å²) in [5.74, 6) is 0.108.